The second-order valence-corrected chi connectivity index (χ2v) is 19.1. The van der Waals surface area contributed by atoms with E-state index in [1.807, 2.05) is 0 Å². The van der Waals surface area contributed by atoms with E-state index < -0.39 is 191 Å². The molecule has 0 aliphatic heterocycles. The lowest BCUT2D eigenvalue weighted by Crippen LogP contribution is -2.37. The molecule has 0 bridgehead atoms. The third-order valence-corrected chi connectivity index (χ3v) is 10.2. The van der Waals surface area contributed by atoms with Crippen LogP contribution in [0.4, 0.5) is 79.0 Å². The number of hydrogen-bond donors (Lipinski definition) is 0. The van der Waals surface area contributed by atoms with Crippen molar-refractivity contribution in [2.24, 2.45) is 22.7 Å². The Bertz CT molecular complexity index is 1840. The van der Waals surface area contributed by atoms with E-state index in [1.54, 1.807) is 69.2 Å². The zero-order chi connectivity index (χ0) is 65.7. The van der Waals surface area contributed by atoms with Gasteiger partial charge in [-0.1, -0.05) is 41.5 Å². The van der Waals surface area contributed by atoms with Gasteiger partial charge in [0.05, 0.1) is 35.5 Å². The largest absolute Gasteiger partial charge is 0.462 e. The van der Waals surface area contributed by atoms with Crippen molar-refractivity contribution < 1.29 is 155 Å². The van der Waals surface area contributed by atoms with E-state index in [4.69, 9.17) is 4.74 Å². The van der Waals surface area contributed by atoms with Gasteiger partial charge in [-0.3, -0.25) is 19.2 Å². The quantitative estimate of drug-likeness (QED) is 0.0283. The minimum atomic E-state index is -5.19. The van der Waals surface area contributed by atoms with Crippen LogP contribution in [0.15, 0.2) is 0 Å². The van der Waals surface area contributed by atoms with E-state index in [-0.39, 0.29) is 19.8 Å². The van der Waals surface area contributed by atoms with Crippen molar-refractivity contribution in [2.75, 3.05) is 52.9 Å². The minimum absolute atomic E-state index is 0.280. The molecule has 16 nitrogen and oxygen atoms in total. The average molecular weight is 1250 g/mol. The molecule has 0 radical (unpaired) electrons. The van der Waals surface area contributed by atoms with E-state index in [0.717, 1.165) is 0 Å². The van der Waals surface area contributed by atoms with Crippen molar-refractivity contribution in [3.05, 3.63) is 0 Å². The summed E-state index contributed by atoms with van der Waals surface area (Å²) in [6.45, 7) is 12.7. The number of carbonyl (C=O) groups is 8. The molecule has 0 saturated carbocycles. The predicted octanol–water partition coefficient (Wildman–Crippen LogP) is 11.8. The van der Waals surface area contributed by atoms with Crippen LogP contribution in [0, 0.1) is 22.7 Å². The zero-order valence-corrected chi connectivity index (χ0v) is 46.8. The Kier molecular flexibility index (Phi) is 36.0. The first-order chi connectivity index (χ1) is 36.6. The van der Waals surface area contributed by atoms with Crippen LogP contribution >= 0.6 is 0 Å². The fourth-order valence-electron chi connectivity index (χ4n) is 4.38. The number of alkyl halides is 18. The summed E-state index contributed by atoms with van der Waals surface area (Å²) in [6, 6.07) is 0. The molecule has 0 amide bonds. The highest BCUT2D eigenvalue weighted by Gasteiger charge is 2.52. The molecule has 0 rings (SSSR count). The van der Waals surface area contributed by atoms with Gasteiger partial charge < -0.3 is 37.9 Å². The van der Waals surface area contributed by atoms with E-state index in [9.17, 15) is 117 Å². The summed E-state index contributed by atoms with van der Waals surface area (Å²) in [5, 5.41) is 0. The SMILES string of the molecule is CCC(C)(C)C(=O)OCCOC(=O)C(F)(F)CC(C)(F)F.CCC(C)(C)C(=O)OCCOC(=O)C(F)(F)CC(F)(F)F.CCC(C)C(=O)OCCOC(=O)C(F)(F)CC(C)(F)F.CCC(C)C(=O)OCCOC(=O)C(F)(F)CC(F)(F)F. The molecule has 0 spiro atoms. The van der Waals surface area contributed by atoms with Crippen LogP contribution < -0.4 is 0 Å². The number of esters is 8. The molecule has 0 aromatic carbocycles. The molecular formula is C48H70F18O16. The third kappa shape index (κ3) is 39.8. The molecule has 34 heteroatoms. The monoisotopic (exact) mass is 1240 g/mol. The van der Waals surface area contributed by atoms with Gasteiger partial charge in [0.1, 0.15) is 65.7 Å². The molecule has 484 valence electrons. The highest BCUT2D eigenvalue weighted by atomic mass is 19.4. The average Bonchev–Trinajstić information content (AvgIpc) is 3.30. The molecule has 0 fully saturated rings. The fourth-order valence-corrected chi connectivity index (χ4v) is 4.38. The zero-order valence-electron chi connectivity index (χ0n) is 46.8. The number of carbonyl (C=O) groups excluding carboxylic acids is 8. The molecule has 0 heterocycles. The van der Waals surface area contributed by atoms with Gasteiger partial charge in [-0.15, -0.1) is 0 Å². The van der Waals surface area contributed by atoms with Crippen molar-refractivity contribution in [3.63, 3.8) is 0 Å². The van der Waals surface area contributed by atoms with Crippen LogP contribution in [0.1, 0.15) is 134 Å². The van der Waals surface area contributed by atoms with Gasteiger partial charge in [-0.05, 0) is 67.2 Å². The highest BCUT2D eigenvalue weighted by Crippen LogP contribution is 2.35. The van der Waals surface area contributed by atoms with Gasteiger partial charge in [-0.25, -0.2) is 36.7 Å². The Morgan fingerprint density at radius 2 is 0.488 bits per heavy atom. The highest BCUT2D eigenvalue weighted by molar-refractivity contribution is 5.79. The second kappa shape index (κ2) is 35.6. The molecule has 2 atom stereocenters. The molecule has 0 aliphatic rings. The maximum absolute atomic E-state index is 13.1. The summed E-state index contributed by atoms with van der Waals surface area (Å²) < 4.78 is 259. The summed E-state index contributed by atoms with van der Waals surface area (Å²) in [7, 11) is 0. The van der Waals surface area contributed by atoms with Crippen LogP contribution in [-0.4, -0.2) is 148 Å². The standard InChI is InChI=1S/C13H20F4O4.C12H17F5O4.C12H18F4O4.C11H15F5O4/c1-5-11(2,3)9(18)20-6-7-21-10(19)13(16,17)8-12(4,14)15;1-4-10(2,3)8(18)20-5-6-21-9(19)11(13,14)7-12(15,16)17;1-4-8(2)9(17)19-5-6-20-10(18)12(15,16)7-11(3,13)14;1-3-7(2)8(17)19-4-5-20-9(18)10(12,13)6-11(14,15)16/h5-8H2,1-4H3;4-7H2,1-3H3;8H,4-7H2,1-3H3;7H,3-6H2,1-2H3. The first kappa shape index (κ1) is 83.0. The summed E-state index contributed by atoms with van der Waals surface area (Å²) in [5.41, 5.74) is -1.53. The van der Waals surface area contributed by atoms with E-state index in [1.165, 1.54) is 0 Å². The Morgan fingerprint density at radius 3 is 0.659 bits per heavy atom. The molecule has 0 aliphatic carbocycles. The van der Waals surface area contributed by atoms with Gasteiger partial charge in [-0.2, -0.15) is 61.5 Å². The molecule has 0 N–H and O–H groups in total. The fraction of sp³-hybridized carbons (Fsp3) is 0.833. The van der Waals surface area contributed by atoms with Crippen molar-refractivity contribution in [3.8, 4) is 0 Å². The minimum Gasteiger partial charge on any atom is -0.462 e. The van der Waals surface area contributed by atoms with Gasteiger partial charge in [0.2, 0.25) is 0 Å². The number of halogens is 18. The Labute approximate surface area is 460 Å². The van der Waals surface area contributed by atoms with Crippen LogP contribution in [0.5, 0.6) is 0 Å². The second-order valence-electron chi connectivity index (χ2n) is 19.1. The predicted molar refractivity (Wildman–Crippen MR) is 246 cm³/mol. The van der Waals surface area contributed by atoms with E-state index >= 15 is 0 Å². The summed E-state index contributed by atoms with van der Waals surface area (Å²) in [4.78, 5) is 88.8. The van der Waals surface area contributed by atoms with Crippen molar-refractivity contribution >= 4 is 47.8 Å². The molecule has 0 aromatic heterocycles. The number of hydrogen-bond acceptors (Lipinski definition) is 16. The summed E-state index contributed by atoms with van der Waals surface area (Å²) >= 11 is 0. The normalized spacial score (nSPS) is 13.3. The van der Waals surface area contributed by atoms with Crippen LogP contribution in [0.2, 0.25) is 0 Å². The summed E-state index contributed by atoms with van der Waals surface area (Å²) in [6.07, 6.45) is -17.4. The van der Waals surface area contributed by atoms with Crippen LogP contribution in [0.3, 0.4) is 0 Å². The maximum atomic E-state index is 13.1. The first-order valence-corrected chi connectivity index (χ1v) is 24.4. The van der Waals surface area contributed by atoms with Crippen LogP contribution in [-0.2, 0) is 76.3 Å². The Balaban J connectivity index is -0.000000495. The van der Waals surface area contributed by atoms with Gasteiger partial charge in [0.15, 0.2) is 0 Å². The lowest BCUT2D eigenvalue weighted by atomic mass is 9.91. The lowest BCUT2D eigenvalue weighted by Gasteiger charge is -2.21. The molecule has 0 aromatic rings. The maximum Gasteiger partial charge on any atom is 0.395 e. The van der Waals surface area contributed by atoms with Crippen molar-refractivity contribution in [1.82, 2.24) is 0 Å². The third-order valence-electron chi connectivity index (χ3n) is 10.2. The summed E-state index contributed by atoms with van der Waals surface area (Å²) in [5.74, 6) is -37.1. The molecule has 0 saturated heterocycles. The number of rotatable bonds is 30. The van der Waals surface area contributed by atoms with Gasteiger partial charge in [0.25, 0.3) is 11.8 Å². The van der Waals surface area contributed by atoms with Gasteiger partial charge >= 0.3 is 83.8 Å². The van der Waals surface area contributed by atoms with Crippen molar-refractivity contribution in [2.45, 2.75) is 182 Å². The molecule has 2 unspecified atom stereocenters. The van der Waals surface area contributed by atoms with E-state index in [0.29, 0.717) is 25.7 Å². The van der Waals surface area contributed by atoms with Crippen LogP contribution in [0.25, 0.3) is 0 Å². The first-order valence-electron chi connectivity index (χ1n) is 24.4. The van der Waals surface area contributed by atoms with E-state index in [2.05, 4.69) is 33.2 Å². The Hall–Kier alpha value is -5.50. The van der Waals surface area contributed by atoms with Crippen molar-refractivity contribution in [1.29, 1.82) is 0 Å². The Morgan fingerprint density at radius 1 is 0.305 bits per heavy atom. The number of ether oxygens (including phenoxy) is 8. The lowest BCUT2D eigenvalue weighted by molar-refractivity contribution is -0.209. The molecular weight excluding hydrogens is 1170 g/mol. The topological polar surface area (TPSA) is 210 Å². The van der Waals surface area contributed by atoms with Gasteiger partial charge in [0, 0.05) is 0 Å². The molecule has 82 heavy (non-hydrogen) atoms. The smallest absolute Gasteiger partial charge is 0.395 e.